The molecule has 39 heavy (non-hydrogen) atoms. The number of rotatable bonds is 1. The molecule has 180 valence electrons. The first kappa shape index (κ1) is 20.9. The van der Waals surface area contributed by atoms with Crippen LogP contribution in [-0.2, 0) is 0 Å². The Morgan fingerprint density at radius 2 is 0.692 bits per heavy atom. The molecule has 0 radical (unpaired) electrons. The molecule has 0 fully saturated rings. The van der Waals surface area contributed by atoms with Gasteiger partial charge in [0, 0.05) is 10.8 Å². The zero-order valence-electron chi connectivity index (χ0n) is 21.1. The molecule has 1 heteroatoms. The summed E-state index contributed by atoms with van der Waals surface area (Å²) in [5, 5.41) is 15.4. The summed E-state index contributed by atoms with van der Waals surface area (Å²) >= 11 is 0. The molecule has 0 aliphatic rings. The van der Waals surface area contributed by atoms with Crippen molar-refractivity contribution < 1.29 is 4.42 Å². The van der Waals surface area contributed by atoms with Crippen molar-refractivity contribution >= 4 is 75.8 Å². The van der Waals surface area contributed by atoms with Crippen LogP contribution in [0.4, 0.5) is 0 Å². The van der Waals surface area contributed by atoms with E-state index in [4.69, 9.17) is 4.42 Å². The lowest BCUT2D eigenvalue weighted by Crippen LogP contribution is -1.89. The SMILES string of the molecule is c1ccc2c(c1)oc1ccc(-c3ccc4c5ccccc5c5c6ccccc6c6ccccc6c5c4c3)cc12. The Morgan fingerprint density at radius 1 is 0.282 bits per heavy atom. The van der Waals surface area contributed by atoms with Crippen molar-refractivity contribution in [3.05, 3.63) is 133 Å². The zero-order chi connectivity index (χ0) is 25.5. The fraction of sp³-hybridized carbons (Fsp3) is 0. The Balaban J connectivity index is 1.46. The van der Waals surface area contributed by atoms with Gasteiger partial charge in [-0.05, 0) is 89.3 Å². The zero-order valence-corrected chi connectivity index (χ0v) is 21.1. The minimum absolute atomic E-state index is 0.926. The normalized spacial score (nSPS) is 12.1. The molecule has 8 aromatic carbocycles. The molecule has 0 unspecified atom stereocenters. The van der Waals surface area contributed by atoms with E-state index in [0.717, 1.165) is 21.9 Å². The molecular weight excluding hydrogens is 472 g/mol. The van der Waals surface area contributed by atoms with E-state index in [1.165, 1.54) is 65.0 Å². The summed E-state index contributed by atoms with van der Waals surface area (Å²) in [6.07, 6.45) is 0. The average molecular weight is 495 g/mol. The van der Waals surface area contributed by atoms with Crippen molar-refractivity contribution in [1.82, 2.24) is 0 Å². The Labute approximate surface area is 224 Å². The summed E-state index contributed by atoms with van der Waals surface area (Å²) < 4.78 is 6.11. The molecule has 1 heterocycles. The first-order valence-electron chi connectivity index (χ1n) is 13.4. The van der Waals surface area contributed by atoms with Gasteiger partial charge in [0.2, 0.25) is 0 Å². The van der Waals surface area contributed by atoms with Crippen molar-refractivity contribution in [1.29, 1.82) is 0 Å². The summed E-state index contributed by atoms with van der Waals surface area (Å²) in [5.41, 5.74) is 4.26. The van der Waals surface area contributed by atoms with Gasteiger partial charge in [-0.25, -0.2) is 0 Å². The molecule has 9 rings (SSSR count). The van der Waals surface area contributed by atoms with Gasteiger partial charge in [-0.2, -0.15) is 0 Å². The Bertz CT molecular complexity index is 2430. The van der Waals surface area contributed by atoms with Crippen LogP contribution < -0.4 is 0 Å². The van der Waals surface area contributed by atoms with Gasteiger partial charge in [0.15, 0.2) is 0 Å². The molecule has 0 bridgehead atoms. The summed E-state index contributed by atoms with van der Waals surface area (Å²) in [5.74, 6) is 0. The average Bonchev–Trinajstić information content (AvgIpc) is 3.38. The van der Waals surface area contributed by atoms with Crippen molar-refractivity contribution in [3.63, 3.8) is 0 Å². The van der Waals surface area contributed by atoms with E-state index in [1.807, 2.05) is 12.1 Å². The highest BCUT2D eigenvalue weighted by Gasteiger charge is 2.16. The van der Waals surface area contributed by atoms with Gasteiger partial charge in [0.1, 0.15) is 11.2 Å². The molecular formula is C38H22O. The number of fused-ring (bicyclic) bond motifs is 14. The number of furan rings is 1. The van der Waals surface area contributed by atoms with Crippen molar-refractivity contribution in [2.45, 2.75) is 0 Å². The quantitative estimate of drug-likeness (QED) is 0.207. The molecule has 0 aliphatic carbocycles. The van der Waals surface area contributed by atoms with Gasteiger partial charge < -0.3 is 4.42 Å². The van der Waals surface area contributed by atoms with Crippen molar-refractivity contribution in [3.8, 4) is 11.1 Å². The third-order valence-electron chi connectivity index (χ3n) is 8.42. The first-order chi connectivity index (χ1) is 19.3. The molecule has 0 amide bonds. The maximum absolute atomic E-state index is 6.11. The Kier molecular flexibility index (Phi) is 4.11. The predicted molar refractivity (Wildman–Crippen MR) is 167 cm³/mol. The third-order valence-corrected chi connectivity index (χ3v) is 8.42. The highest BCUT2D eigenvalue weighted by molar-refractivity contribution is 6.39. The summed E-state index contributed by atoms with van der Waals surface area (Å²) in [7, 11) is 0. The topological polar surface area (TPSA) is 13.1 Å². The molecule has 9 aromatic rings. The molecule has 0 N–H and O–H groups in total. The smallest absolute Gasteiger partial charge is 0.135 e. The van der Waals surface area contributed by atoms with E-state index in [0.29, 0.717) is 0 Å². The van der Waals surface area contributed by atoms with Gasteiger partial charge in [0.25, 0.3) is 0 Å². The van der Waals surface area contributed by atoms with Crippen LogP contribution in [0.3, 0.4) is 0 Å². The molecule has 0 saturated carbocycles. The molecule has 1 nitrogen and oxygen atoms in total. The van der Waals surface area contributed by atoms with Crippen LogP contribution >= 0.6 is 0 Å². The number of hydrogen-bond donors (Lipinski definition) is 0. The second kappa shape index (κ2) is 7.69. The van der Waals surface area contributed by atoms with Crippen LogP contribution in [0, 0.1) is 0 Å². The maximum atomic E-state index is 6.11. The third kappa shape index (κ3) is 2.85. The minimum atomic E-state index is 0.926. The molecule has 0 aliphatic heterocycles. The minimum Gasteiger partial charge on any atom is -0.456 e. The standard InChI is InChI=1S/C38H22O/c1-4-13-30-25(9-1)26-10-2-6-15-32(26)38-34-22-23(17-19-28(34)27-11-3-5-14-31(27)37(30)38)24-18-20-36-33(21-24)29-12-7-8-16-35(29)39-36/h1-22H. The van der Waals surface area contributed by atoms with Crippen LogP contribution in [0.15, 0.2) is 138 Å². The fourth-order valence-electron chi connectivity index (χ4n) is 6.71. The lowest BCUT2D eigenvalue weighted by molar-refractivity contribution is 0.669. The highest BCUT2D eigenvalue weighted by Crippen LogP contribution is 2.44. The maximum Gasteiger partial charge on any atom is 0.135 e. The van der Waals surface area contributed by atoms with Gasteiger partial charge >= 0.3 is 0 Å². The summed E-state index contributed by atoms with van der Waals surface area (Å²) in [6.45, 7) is 0. The van der Waals surface area contributed by atoms with E-state index in [9.17, 15) is 0 Å². The van der Waals surface area contributed by atoms with Crippen LogP contribution in [0.5, 0.6) is 0 Å². The van der Waals surface area contributed by atoms with Crippen LogP contribution in [0.2, 0.25) is 0 Å². The Morgan fingerprint density at radius 3 is 1.31 bits per heavy atom. The fourth-order valence-corrected chi connectivity index (χ4v) is 6.71. The van der Waals surface area contributed by atoms with Crippen LogP contribution in [0.1, 0.15) is 0 Å². The van der Waals surface area contributed by atoms with E-state index in [2.05, 4.69) is 121 Å². The predicted octanol–water partition coefficient (Wildman–Crippen LogP) is 11.0. The Hall–Kier alpha value is -5.14. The number of para-hydroxylation sites is 1. The molecule has 1 aromatic heterocycles. The van der Waals surface area contributed by atoms with Crippen molar-refractivity contribution in [2.75, 3.05) is 0 Å². The molecule has 0 spiro atoms. The van der Waals surface area contributed by atoms with E-state index in [-0.39, 0.29) is 0 Å². The van der Waals surface area contributed by atoms with Gasteiger partial charge in [0.05, 0.1) is 0 Å². The number of benzene rings is 8. The summed E-state index contributed by atoms with van der Waals surface area (Å²) in [6, 6.07) is 48.4. The van der Waals surface area contributed by atoms with Gasteiger partial charge in [-0.3, -0.25) is 0 Å². The van der Waals surface area contributed by atoms with Crippen LogP contribution in [-0.4, -0.2) is 0 Å². The monoisotopic (exact) mass is 494 g/mol. The van der Waals surface area contributed by atoms with Gasteiger partial charge in [-0.1, -0.05) is 109 Å². The summed E-state index contributed by atoms with van der Waals surface area (Å²) in [4.78, 5) is 0. The lowest BCUT2D eigenvalue weighted by Gasteiger charge is -2.17. The van der Waals surface area contributed by atoms with E-state index < -0.39 is 0 Å². The molecule has 0 atom stereocenters. The number of hydrogen-bond acceptors (Lipinski definition) is 1. The first-order valence-corrected chi connectivity index (χ1v) is 13.4. The highest BCUT2D eigenvalue weighted by atomic mass is 16.3. The lowest BCUT2D eigenvalue weighted by atomic mass is 9.86. The molecule has 0 saturated heterocycles. The van der Waals surface area contributed by atoms with Crippen LogP contribution in [0.25, 0.3) is 86.9 Å². The van der Waals surface area contributed by atoms with E-state index >= 15 is 0 Å². The van der Waals surface area contributed by atoms with Crippen molar-refractivity contribution in [2.24, 2.45) is 0 Å². The van der Waals surface area contributed by atoms with E-state index in [1.54, 1.807) is 0 Å². The second-order valence-electron chi connectivity index (χ2n) is 10.5. The largest absolute Gasteiger partial charge is 0.456 e. The second-order valence-corrected chi connectivity index (χ2v) is 10.5. The van der Waals surface area contributed by atoms with Gasteiger partial charge in [-0.15, -0.1) is 0 Å².